The van der Waals surface area contributed by atoms with E-state index in [1.165, 1.54) is 18.2 Å². The minimum Gasteiger partial charge on any atom is -0.273 e. The first kappa shape index (κ1) is 12.6. The third-order valence-electron chi connectivity index (χ3n) is 1.85. The lowest BCUT2D eigenvalue weighted by molar-refractivity contribution is -0.384. The number of nitro groups is 1. The predicted octanol–water partition coefficient (Wildman–Crippen LogP) is 1.68. The molecule has 1 aromatic rings. The van der Waals surface area contributed by atoms with Gasteiger partial charge in [0, 0.05) is 24.6 Å². The summed E-state index contributed by atoms with van der Waals surface area (Å²) in [6.07, 6.45) is 0. The lowest BCUT2D eigenvalue weighted by atomic mass is 10.2. The highest BCUT2D eigenvalue weighted by Gasteiger charge is 2.04. The molecule has 0 saturated carbocycles. The van der Waals surface area contributed by atoms with Crippen LogP contribution in [0.1, 0.15) is 12.5 Å². The SMILES string of the molecule is CC(=O)N(F)CC#Cc1cccc([N+](=O)[O-])c1. The van der Waals surface area contributed by atoms with E-state index in [0.717, 1.165) is 6.92 Å². The number of rotatable bonds is 2. The van der Waals surface area contributed by atoms with Crippen LogP contribution in [0.2, 0.25) is 0 Å². The number of benzene rings is 1. The number of hydrogen-bond donors (Lipinski definition) is 0. The van der Waals surface area contributed by atoms with Crippen LogP contribution < -0.4 is 0 Å². The Bertz CT molecular complexity index is 505. The normalized spacial score (nSPS) is 9.06. The third kappa shape index (κ3) is 3.91. The highest BCUT2D eigenvalue weighted by molar-refractivity contribution is 5.72. The molecule has 0 spiro atoms. The number of hydrogen-bond acceptors (Lipinski definition) is 3. The molecular weight excluding hydrogens is 227 g/mol. The van der Waals surface area contributed by atoms with Crippen LogP contribution in [0.3, 0.4) is 0 Å². The standard InChI is InChI=1S/C11H9FN2O3/c1-9(15)13(12)7-3-5-10-4-2-6-11(8-10)14(16)17/h2,4,6,8H,7H2,1H3. The quantitative estimate of drug-likeness (QED) is 0.339. The predicted molar refractivity (Wildman–Crippen MR) is 58.5 cm³/mol. The molecule has 0 saturated heterocycles. The highest BCUT2D eigenvalue weighted by atomic mass is 19.2. The topological polar surface area (TPSA) is 63.5 Å². The second-order valence-electron chi connectivity index (χ2n) is 3.15. The molecule has 0 heterocycles. The molecular formula is C11H9FN2O3. The van der Waals surface area contributed by atoms with E-state index in [9.17, 15) is 19.4 Å². The van der Waals surface area contributed by atoms with Crippen molar-refractivity contribution in [3.8, 4) is 11.8 Å². The van der Waals surface area contributed by atoms with E-state index in [1.54, 1.807) is 6.07 Å². The number of halogens is 1. The van der Waals surface area contributed by atoms with Gasteiger partial charge in [-0.1, -0.05) is 22.4 Å². The molecule has 6 heteroatoms. The van der Waals surface area contributed by atoms with Crippen molar-refractivity contribution < 1.29 is 14.2 Å². The third-order valence-corrected chi connectivity index (χ3v) is 1.85. The number of non-ortho nitro benzene ring substituents is 1. The number of carbonyl (C=O) groups is 1. The van der Waals surface area contributed by atoms with E-state index in [1.807, 2.05) is 0 Å². The molecule has 1 aromatic carbocycles. The Kier molecular flexibility index (Phi) is 4.17. The molecule has 0 aliphatic carbocycles. The Morgan fingerprint density at radius 3 is 2.88 bits per heavy atom. The average molecular weight is 236 g/mol. The molecule has 0 N–H and O–H groups in total. The van der Waals surface area contributed by atoms with Crippen LogP contribution in [0.4, 0.5) is 10.2 Å². The lowest BCUT2D eigenvalue weighted by Crippen LogP contribution is -2.19. The Balaban J connectivity index is 2.75. The molecule has 0 atom stereocenters. The van der Waals surface area contributed by atoms with Crippen molar-refractivity contribution in [2.24, 2.45) is 0 Å². The van der Waals surface area contributed by atoms with Crippen LogP contribution in [0.25, 0.3) is 0 Å². The Morgan fingerprint density at radius 2 is 2.29 bits per heavy atom. The van der Waals surface area contributed by atoms with E-state index in [4.69, 9.17) is 0 Å². The molecule has 0 aliphatic heterocycles. The fourth-order valence-corrected chi connectivity index (χ4v) is 1.02. The van der Waals surface area contributed by atoms with Crippen molar-refractivity contribution in [3.63, 3.8) is 0 Å². The van der Waals surface area contributed by atoms with Gasteiger partial charge in [-0.15, -0.1) is 0 Å². The van der Waals surface area contributed by atoms with E-state index >= 15 is 0 Å². The summed E-state index contributed by atoms with van der Waals surface area (Å²) >= 11 is 0. The fourth-order valence-electron chi connectivity index (χ4n) is 1.02. The summed E-state index contributed by atoms with van der Waals surface area (Å²) in [6, 6.07) is 5.67. The summed E-state index contributed by atoms with van der Waals surface area (Å²) in [6.45, 7) is 0.715. The monoisotopic (exact) mass is 236 g/mol. The van der Waals surface area contributed by atoms with Gasteiger partial charge in [-0.05, 0) is 6.07 Å². The Morgan fingerprint density at radius 1 is 1.59 bits per heavy atom. The highest BCUT2D eigenvalue weighted by Crippen LogP contribution is 2.11. The van der Waals surface area contributed by atoms with Gasteiger partial charge in [0.1, 0.15) is 6.54 Å². The van der Waals surface area contributed by atoms with Gasteiger partial charge in [0.15, 0.2) is 0 Å². The first-order valence-corrected chi connectivity index (χ1v) is 4.68. The van der Waals surface area contributed by atoms with Crippen LogP contribution in [-0.4, -0.2) is 22.5 Å². The van der Waals surface area contributed by atoms with Crippen LogP contribution in [0.15, 0.2) is 24.3 Å². The Hall–Kier alpha value is -2.42. The van der Waals surface area contributed by atoms with E-state index in [2.05, 4.69) is 11.8 Å². The molecule has 0 aliphatic rings. The fraction of sp³-hybridized carbons (Fsp3) is 0.182. The zero-order valence-corrected chi connectivity index (χ0v) is 9.01. The first-order chi connectivity index (χ1) is 8.00. The van der Waals surface area contributed by atoms with E-state index in [-0.39, 0.29) is 17.4 Å². The van der Waals surface area contributed by atoms with Gasteiger partial charge in [-0.3, -0.25) is 14.9 Å². The number of nitrogens with zero attached hydrogens (tertiary/aromatic N) is 2. The zero-order chi connectivity index (χ0) is 12.8. The summed E-state index contributed by atoms with van der Waals surface area (Å²) in [5.41, 5.74) is 0.316. The van der Waals surface area contributed by atoms with Gasteiger partial charge in [-0.25, -0.2) is 0 Å². The molecule has 0 aromatic heterocycles. The van der Waals surface area contributed by atoms with Crippen LogP contribution in [0, 0.1) is 22.0 Å². The molecule has 0 fully saturated rings. The molecule has 0 unspecified atom stereocenters. The number of carbonyl (C=O) groups excluding carboxylic acids is 1. The van der Waals surface area contributed by atoms with Crippen molar-refractivity contribution in [1.82, 2.24) is 5.12 Å². The number of nitro benzene ring substituents is 1. The molecule has 0 radical (unpaired) electrons. The molecule has 1 rings (SSSR count). The minimum absolute atomic E-state index is 0.0373. The van der Waals surface area contributed by atoms with Crippen LogP contribution in [-0.2, 0) is 4.79 Å². The van der Waals surface area contributed by atoms with Crippen LogP contribution in [0.5, 0.6) is 0 Å². The molecule has 0 bridgehead atoms. The first-order valence-electron chi connectivity index (χ1n) is 4.68. The summed E-state index contributed by atoms with van der Waals surface area (Å²) in [4.78, 5) is 20.5. The van der Waals surface area contributed by atoms with Crippen molar-refractivity contribution >= 4 is 11.6 Å². The van der Waals surface area contributed by atoms with E-state index < -0.39 is 10.8 Å². The van der Waals surface area contributed by atoms with Crippen molar-refractivity contribution in [3.05, 3.63) is 39.9 Å². The summed E-state index contributed by atoms with van der Waals surface area (Å²) in [5, 5.41) is 10.4. The average Bonchev–Trinajstić information content (AvgIpc) is 2.29. The van der Waals surface area contributed by atoms with Gasteiger partial charge in [0.05, 0.1) is 4.92 Å². The number of amides is 1. The molecule has 1 amide bonds. The maximum atomic E-state index is 12.7. The van der Waals surface area contributed by atoms with E-state index in [0.29, 0.717) is 5.56 Å². The second-order valence-corrected chi connectivity index (χ2v) is 3.15. The van der Waals surface area contributed by atoms with Gasteiger partial charge in [-0.2, -0.15) is 5.12 Å². The molecule has 17 heavy (non-hydrogen) atoms. The van der Waals surface area contributed by atoms with Gasteiger partial charge < -0.3 is 0 Å². The lowest BCUT2D eigenvalue weighted by Gasteiger charge is -2.02. The van der Waals surface area contributed by atoms with Crippen molar-refractivity contribution in [1.29, 1.82) is 0 Å². The van der Waals surface area contributed by atoms with Gasteiger partial charge in [0.25, 0.3) is 5.69 Å². The van der Waals surface area contributed by atoms with Gasteiger partial charge >= 0.3 is 0 Å². The maximum Gasteiger partial charge on any atom is 0.270 e. The second kappa shape index (κ2) is 5.61. The maximum absolute atomic E-state index is 12.7. The van der Waals surface area contributed by atoms with Crippen molar-refractivity contribution in [2.75, 3.05) is 6.54 Å². The molecule has 88 valence electrons. The summed E-state index contributed by atoms with van der Waals surface area (Å²) in [5.74, 6) is 4.21. The smallest absolute Gasteiger partial charge is 0.270 e. The van der Waals surface area contributed by atoms with Crippen LogP contribution >= 0.6 is 0 Å². The largest absolute Gasteiger partial charge is 0.273 e. The van der Waals surface area contributed by atoms with Crippen molar-refractivity contribution in [2.45, 2.75) is 6.92 Å². The minimum atomic E-state index is -0.738. The van der Waals surface area contributed by atoms with Gasteiger partial charge in [0.2, 0.25) is 5.91 Å². The summed E-state index contributed by atoms with van der Waals surface area (Å²) in [7, 11) is 0. The molecule has 5 nitrogen and oxygen atoms in total. The summed E-state index contributed by atoms with van der Waals surface area (Å²) < 4.78 is 12.7. The Labute approximate surface area is 96.9 Å². The zero-order valence-electron chi connectivity index (χ0n) is 9.01.